The highest BCUT2D eigenvalue weighted by atomic mass is 16.5. The number of likely N-dealkylation sites (tertiary alicyclic amines) is 1. The molecule has 2 saturated heterocycles. The van der Waals surface area contributed by atoms with Gasteiger partial charge in [-0.3, -0.25) is 9.59 Å². The summed E-state index contributed by atoms with van der Waals surface area (Å²) in [5.74, 6) is 0.579. The summed E-state index contributed by atoms with van der Waals surface area (Å²) in [7, 11) is 1.70. The van der Waals surface area contributed by atoms with Gasteiger partial charge in [0.2, 0.25) is 0 Å². The van der Waals surface area contributed by atoms with Crippen LogP contribution in [0.5, 0.6) is 0 Å². The van der Waals surface area contributed by atoms with Crippen LogP contribution in [0.4, 0.5) is 0 Å². The normalized spacial score (nSPS) is 21.4. The molecule has 2 aromatic heterocycles. The predicted molar refractivity (Wildman–Crippen MR) is 106 cm³/mol. The van der Waals surface area contributed by atoms with Crippen molar-refractivity contribution in [3.63, 3.8) is 0 Å². The average Bonchev–Trinajstić information content (AvgIpc) is 3.03. The fraction of sp³-hybridized carbons (Fsp3) is 0.650. The fourth-order valence-corrected chi connectivity index (χ4v) is 4.62. The Bertz CT molecular complexity index is 910. The maximum atomic E-state index is 13.3. The largest absolute Gasteiger partial charge is 0.384 e. The number of ether oxygens (including phenoxy) is 1. The van der Waals surface area contributed by atoms with Crippen LogP contribution < -0.4 is 10.9 Å². The second kappa shape index (κ2) is 8.05. The number of H-pyrrole nitrogens is 1. The van der Waals surface area contributed by atoms with Gasteiger partial charge in [0.1, 0.15) is 11.2 Å². The number of rotatable bonds is 4. The summed E-state index contributed by atoms with van der Waals surface area (Å²) >= 11 is 0. The summed E-state index contributed by atoms with van der Waals surface area (Å²) < 4.78 is 7.07. The van der Waals surface area contributed by atoms with Crippen molar-refractivity contribution in [3.05, 3.63) is 33.4 Å². The maximum absolute atomic E-state index is 13.3. The zero-order valence-corrected chi connectivity index (χ0v) is 16.7. The Morgan fingerprint density at radius 1 is 1.32 bits per heavy atom. The molecule has 8 nitrogen and oxygen atoms in total. The summed E-state index contributed by atoms with van der Waals surface area (Å²) in [5, 5.41) is 8.01. The molecule has 1 unspecified atom stereocenters. The van der Waals surface area contributed by atoms with E-state index in [9.17, 15) is 9.59 Å². The van der Waals surface area contributed by atoms with Crippen LogP contribution in [0, 0.1) is 12.8 Å². The van der Waals surface area contributed by atoms with E-state index < -0.39 is 0 Å². The zero-order valence-electron chi connectivity index (χ0n) is 16.7. The Morgan fingerprint density at radius 2 is 2.11 bits per heavy atom. The summed E-state index contributed by atoms with van der Waals surface area (Å²) in [6.07, 6.45) is 3.97. The number of carbonyl (C=O) groups excluding carboxylic acids is 1. The molecule has 4 rings (SSSR count). The van der Waals surface area contributed by atoms with E-state index in [0.29, 0.717) is 36.0 Å². The number of nitrogens with zero attached hydrogens (tertiary/aromatic N) is 3. The Kier molecular flexibility index (Phi) is 5.50. The lowest BCUT2D eigenvalue weighted by Crippen LogP contribution is -2.41. The number of carbonyl (C=O) groups is 1. The zero-order chi connectivity index (χ0) is 19.7. The van der Waals surface area contributed by atoms with E-state index in [-0.39, 0.29) is 17.4 Å². The molecule has 28 heavy (non-hydrogen) atoms. The van der Waals surface area contributed by atoms with E-state index in [1.807, 2.05) is 11.8 Å². The number of piperidine rings is 2. The molecular formula is C20H29N5O3. The molecule has 4 heterocycles. The van der Waals surface area contributed by atoms with Gasteiger partial charge >= 0.3 is 0 Å². The molecule has 0 radical (unpaired) electrons. The lowest BCUT2D eigenvalue weighted by Gasteiger charge is -2.32. The summed E-state index contributed by atoms with van der Waals surface area (Å²) in [5.41, 5.74) is 2.43. The standard InChI is InChI=1S/C20H29N5O3/c1-13-18(20(27)24-9-3-4-14(11-24)12-28-2)19-22-17(26)10-16(25(19)23-13)15-5-7-21-8-6-15/h10,14-15,21H,3-9,11-12H2,1-2H3,(H,22,26). The van der Waals surface area contributed by atoms with Crippen molar-refractivity contribution in [2.45, 2.75) is 38.5 Å². The second-order valence-corrected chi connectivity index (χ2v) is 8.02. The van der Waals surface area contributed by atoms with E-state index >= 15 is 0 Å². The van der Waals surface area contributed by atoms with Crippen LogP contribution in [-0.4, -0.2) is 65.3 Å². The average molecular weight is 387 g/mol. The lowest BCUT2D eigenvalue weighted by atomic mass is 9.94. The number of aryl methyl sites for hydroxylation is 1. The predicted octanol–water partition coefficient (Wildman–Crippen LogP) is 1.30. The van der Waals surface area contributed by atoms with Gasteiger partial charge in [-0.25, -0.2) is 4.52 Å². The second-order valence-electron chi connectivity index (χ2n) is 8.02. The molecular weight excluding hydrogens is 358 g/mol. The molecule has 0 spiro atoms. The van der Waals surface area contributed by atoms with Gasteiger partial charge in [-0.15, -0.1) is 0 Å². The first-order chi connectivity index (χ1) is 13.6. The van der Waals surface area contributed by atoms with Gasteiger partial charge in [-0.2, -0.15) is 5.10 Å². The van der Waals surface area contributed by atoms with E-state index in [1.165, 1.54) is 0 Å². The van der Waals surface area contributed by atoms with Crippen molar-refractivity contribution < 1.29 is 9.53 Å². The highest BCUT2D eigenvalue weighted by Crippen LogP contribution is 2.27. The molecule has 8 heteroatoms. The molecule has 2 aliphatic heterocycles. The van der Waals surface area contributed by atoms with Gasteiger partial charge in [0.05, 0.1) is 18.0 Å². The van der Waals surface area contributed by atoms with Gasteiger partial charge < -0.3 is 19.9 Å². The minimum atomic E-state index is -0.175. The van der Waals surface area contributed by atoms with Crippen molar-refractivity contribution in [2.24, 2.45) is 5.92 Å². The highest BCUT2D eigenvalue weighted by molar-refractivity contribution is 6.01. The number of methoxy groups -OCH3 is 1. The molecule has 1 amide bonds. The summed E-state index contributed by atoms with van der Waals surface area (Å²) in [4.78, 5) is 30.5. The Hall–Kier alpha value is -2.19. The summed E-state index contributed by atoms with van der Waals surface area (Å²) in [6.45, 7) is 5.78. The fourth-order valence-electron chi connectivity index (χ4n) is 4.62. The molecule has 0 aromatic carbocycles. The first-order valence-electron chi connectivity index (χ1n) is 10.2. The third kappa shape index (κ3) is 3.58. The number of aromatic amines is 1. The minimum absolute atomic E-state index is 0.0496. The highest BCUT2D eigenvalue weighted by Gasteiger charge is 2.29. The molecule has 1 atom stereocenters. The van der Waals surface area contributed by atoms with Crippen molar-refractivity contribution >= 4 is 11.6 Å². The van der Waals surface area contributed by atoms with Gasteiger partial charge in [-0.1, -0.05) is 0 Å². The molecule has 0 bridgehead atoms. The monoisotopic (exact) mass is 387 g/mol. The SMILES string of the molecule is COCC1CCCN(C(=O)c2c(C)nn3c(C4CCNCC4)cc(=O)[nH]c23)C1. The number of hydrogen-bond acceptors (Lipinski definition) is 5. The number of fused-ring (bicyclic) bond motifs is 1. The van der Waals surface area contributed by atoms with Crippen LogP contribution in [0.2, 0.25) is 0 Å². The smallest absolute Gasteiger partial charge is 0.259 e. The lowest BCUT2D eigenvalue weighted by molar-refractivity contribution is 0.0572. The molecule has 2 fully saturated rings. The molecule has 0 saturated carbocycles. The molecule has 2 aliphatic rings. The molecule has 152 valence electrons. The van der Waals surface area contributed by atoms with Crippen LogP contribution in [-0.2, 0) is 4.74 Å². The molecule has 0 aliphatic carbocycles. The van der Waals surface area contributed by atoms with Crippen LogP contribution in [0.3, 0.4) is 0 Å². The van der Waals surface area contributed by atoms with Crippen molar-refractivity contribution in [3.8, 4) is 0 Å². The van der Waals surface area contributed by atoms with Gasteiger partial charge in [0.25, 0.3) is 11.5 Å². The first kappa shape index (κ1) is 19.1. The summed E-state index contributed by atoms with van der Waals surface area (Å²) in [6, 6.07) is 1.64. The minimum Gasteiger partial charge on any atom is -0.384 e. The number of hydrogen-bond donors (Lipinski definition) is 2. The maximum Gasteiger partial charge on any atom is 0.259 e. The topological polar surface area (TPSA) is 91.7 Å². The Morgan fingerprint density at radius 3 is 2.86 bits per heavy atom. The van der Waals surface area contributed by atoms with Gasteiger partial charge in [0, 0.05) is 32.2 Å². The third-order valence-corrected chi connectivity index (χ3v) is 6.01. The van der Waals surface area contributed by atoms with Crippen LogP contribution in [0.25, 0.3) is 5.65 Å². The van der Waals surface area contributed by atoms with Crippen LogP contribution in [0.15, 0.2) is 10.9 Å². The van der Waals surface area contributed by atoms with Crippen molar-refractivity contribution in [1.29, 1.82) is 0 Å². The van der Waals surface area contributed by atoms with Crippen molar-refractivity contribution in [2.75, 3.05) is 39.9 Å². The van der Waals surface area contributed by atoms with E-state index in [0.717, 1.165) is 51.0 Å². The van der Waals surface area contributed by atoms with Gasteiger partial charge in [0.15, 0.2) is 0 Å². The molecule has 2 N–H and O–H groups in total. The molecule has 2 aromatic rings. The van der Waals surface area contributed by atoms with E-state index in [1.54, 1.807) is 17.7 Å². The number of nitrogens with one attached hydrogen (secondary N) is 2. The quantitative estimate of drug-likeness (QED) is 0.825. The van der Waals surface area contributed by atoms with Crippen LogP contribution >= 0.6 is 0 Å². The Balaban J connectivity index is 1.71. The number of aromatic nitrogens is 3. The van der Waals surface area contributed by atoms with Gasteiger partial charge in [-0.05, 0) is 51.6 Å². The first-order valence-corrected chi connectivity index (χ1v) is 10.2. The third-order valence-electron chi connectivity index (χ3n) is 6.01. The number of amides is 1. The van der Waals surface area contributed by atoms with E-state index in [4.69, 9.17) is 4.74 Å². The van der Waals surface area contributed by atoms with Crippen molar-refractivity contribution in [1.82, 2.24) is 24.8 Å². The van der Waals surface area contributed by atoms with Crippen LogP contribution in [0.1, 0.15) is 53.3 Å². The van der Waals surface area contributed by atoms with E-state index in [2.05, 4.69) is 15.4 Å². The Labute approximate surface area is 164 Å².